The van der Waals surface area contributed by atoms with Crippen molar-refractivity contribution in [3.63, 3.8) is 0 Å². The van der Waals surface area contributed by atoms with Gasteiger partial charge >= 0.3 is 5.97 Å². The van der Waals surface area contributed by atoms with Crippen LogP contribution in [-0.4, -0.2) is 30.4 Å². The van der Waals surface area contributed by atoms with Crippen LogP contribution in [0.25, 0.3) is 0 Å². The largest absolute Gasteiger partial charge is 0.467 e. The molecule has 26 heavy (non-hydrogen) atoms. The van der Waals surface area contributed by atoms with Crippen LogP contribution < -0.4 is 10.6 Å². The van der Waals surface area contributed by atoms with Gasteiger partial charge in [0.1, 0.15) is 5.54 Å². The summed E-state index contributed by atoms with van der Waals surface area (Å²) in [4.78, 5) is 36.2. The van der Waals surface area contributed by atoms with Gasteiger partial charge in [-0.15, -0.1) is 0 Å². The van der Waals surface area contributed by atoms with Crippen molar-refractivity contribution in [3.8, 4) is 0 Å². The van der Waals surface area contributed by atoms with E-state index in [4.69, 9.17) is 4.74 Å². The van der Waals surface area contributed by atoms with Crippen LogP contribution >= 0.6 is 0 Å². The number of ether oxygens (including phenoxy) is 1. The van der Waals surface area contributed by atoms with Crippen molar-refractivity contribution >= 4 is 17.8 Å². The molecule has 1 aliphatic carbocycles. The predicted molar refractivity (Wildman–Crippen MR) is 98.4 cm³/mol. The Hall–Kier alpha value is -2.63. The van der Waals surface area contributed by atoms with Crippen LogP contribution in [0.4, 0.5) is 0 Å². The number of amides is 2. The van der Waals surface area contributed by atoms with Gasteiger partial charge in [-0.05, 0) is 36.6 Å². The highest BCUT2D eigenvalue weighted by Gasteiger charge is 2.41. The first-order valence-corrected chi connectivity index (χ1v) is 8.91. The molecule has 0 saturated heterocycles. The summed E-state index contributed by atoms with van der Waals surface area (Å²) in [6, 6.07) is 6.92. The molecule has 2 amide bonds. The van der Waals surface area contributed by atoms with Gasteiger partial charge in [-0.25, -0.2) is 4.79 Å². The number of hydrogen-bond acceptors (Lipinski definition) is 4. The zero-order valence-electron chi connectivity index (χ0n) is 15.2. The van der Waals surface area contributed by atoms with Crippen molar-refractivity contribution in [3.05, 3.63) is 48.0 Å². The molecule has 2 N–H and O–H groups in total. The summed E-state index contributed by atoms with van der Waals surface area (Å²) in [5, 5.41) is 5.60. The summed E-state index contributed by atoms with van der Waals surface area (Å²) in [6.07, 6.45) is 6.28. The number of rotatable bonds is 6. The molecule has 140 valence electrons. The van der Waals surface area contributed by atoms with Gasteiger partial charge in [0.25, 0.3) is 5.91 Å². The average molecular weight is 358 g/mol. The molecule has 0 spiro atoms. The maximum atomic E-state index is 12.7. The second-order valence-electron chi connectivity index (χ2n) is 6.56. The van der Waals surface area contributed by atoms with Gasteiger partial charge < -0.3 is 15.4 Å². The third-order valence-electron chi connectivity index (χ3n) is 4.75. The quantitative estimate of drug-likeness (QED) is 0.465. The second-order valence-corrected chi connectivity index (χ2v) is 6.56. The van der Waals surface area contributed by atoms with Crippen LogP contribution in [-0.2, 0) is 20.9 Å². The summed E-state index contributed by atoms with van der Waals surface area (Å²) >= 11 is 0. The number of carbonyl (C=O) groups is 3. The van der Waals surface area contributed by atoms with Crippen molar-refractivity contribution in [1.29, 1.82) is 0 Å². The van der Waals surface area contributed by atoms with Crippen LogP contribution in [0.1, 0.15) is 54.4 Å². The van der Waals surface area contributed by atoms with Gasteiger partial charge in [0.15, 0.2) is 0 Å². The van der Waals surface area contributed by atoms with Crippen molar-refractivity contribution in [2.45, 2.75) is 50.6 Å². The first-order valence-electron chi connectivity index (χ1n) is 8.91. The van der Waals surface area contributed by atoms with Gasteiger partial charge in [0.2, 0.25) is 5.91 Å². The molecule has 1 aromatic carbocycles. The van der Waals surface area contributed by atoms with Gasteiger partial charge in [0.05, 0.1) is 7.11 Å². The van der Waals surface area contributed by atoms with E-state index in [9.17, 15) is 14.4 Å². The minimum absolute atomic E-state index is 0.250. The Morgan fingerprint density at radius 3 is 2.27 bits per heavy atom. The summed E-state index contributed by atoms with van der Waals surface area (Å²) in [7, 11) is 1.35. The molecule has 2 rings (SSSR count). The van der Waals surface area contributed by atoms with Crippen LogP contribution in [0.2, 0.25) is 0 Å². The Morgan fingerprint density at radius 1 is 1.12 bits per heavy atom. The molecule has 0 bridgehead atoms. The molecular formula is C20H26N2O4. The van der Waals surface area contributed by atoms with E-state index < -0.39 is 5.54 Å². The van der Waals surface area contributed by atoms with E-state index in [2.05, 4.69) is 17.2 Å². The molecule has 0 aliphatic heterocycles. The third-order valence-corrected chi connectivity index (χ3v) is 4.75. The average Bonchev–Trinajstić information content (AvgIpc) is 2.92. The van der Waals surface area contributed by atoms with Crippen LogP contribution in [0.15, 0.2) is 36.9 Å². The third kappa shape index (κ3) is 4.94. The van der Waals surface area contributed by atoms with Gasteiger partial charge in [-0.2, -0.15) is 0 Å². The minimum atomic E-state index is -0.945. The van der Waals surface area contributed by atoms with Gasteiger partial charge in [0, 0.05) is 12.1 Å². The highest BCUT2D eigenvalue weighted by atomic mass is 16.5. The number of benzene rings is 1. The molecule has 0 radical (unpaired) electrons. The van der Waals surface area contributed by atoms with E-state index in [-0.39, 0.29) is 17.8 Å². The van der Waals surface area contributed by atoms with Crippen LogP contribution in [0.3, 0.4) is 0 Å². The molecule has 1 aromatic rings. The topological polar surface area (TPSA) is 84.5 Å². The molecule has 1 aliphatic rings. The molecule has 0 unspecified atom stereocenters. The van der Waals surface area contributed by atoms with E-state index in [1.807, 2.05) is 0 Å². The van der Waals surface area contributed by atoms with Crippen molar-refractivity contribution in [2.24, 2.45) is 0 Å². The molecule has 1 fully saturated rings. The molecule has 6 nitrogen and oxygen atoms in total. The predicted octanol–water partition coefficient (Wildman–Crippen LogP) is 2.48. The van der Waals surface area contributed by atoms with E-state index in [1.54, 1.807) is 24.3 Å². The fourth-order valence-corrected chi connectivity index (χ4v) is 3.23. The Labute approximate surface area is 154 Å². The SMILES string of the molecule is C=CC(=O)NCc1ccc(C(=O)NC2(C(=O)OC)CCCCCC2)cc1. The van der Waals surface area contributed by atoms with E-state index in [0.717, 1.165) is 31.2 Å². The highest BCUT2D eigenvalue weighted by molar-refractivity contribution is 5.98. The van der Waals surface area contributed by atoms with E-state index in [1.165, 1.54) is 13.2 Å². The van der Waals surface area contributed by atoms with Gasteiger partial charge in [-0.3, -0.25) is 9.59 Å². The fourth-order valence-electron chi connectivity index (χ4n) is 3.23. The van der Waals surface area contributed by atoms with E-state index in [0.29, 0.717) is 24.9 Å². The molecular weight excluding hydrogens is 332 g/mol. The standard InChI is InChI=1S/C20H26N2O4/c1-3-17(23)21-14-15-8-10-16(11-9-15)18(24)22-20(19(25)26-2)12-6-4-5-7-13-20/h3,8-11H,1,4-7,12-14H2,2H3,(H,21,23)(H,22,24). The minimum Gasteiger partial charge on any atom is -0.467 e. The lowest BCUT2D eigenvalue weighted by atomic mass is 9.89. The Balaban J connectivity index is 2.07. The molecule has 0 aromatic heterocycles. The molecule has 1 saturated carbocycles. The molecule has 0 heterocycles. The summed E-state index contributed by atoms with van der Waals surface area (Å²) in [5.41, 5.74) is 0.393. The Morgan fingerprint density at radius 2 is 1.73 bits per heavy atom. The maximum Gasteiger partial charge on any atom is 0.331 e. The first kappa shape index (κ1) is 19.7. The van der Waals surface area contributed by atoms with Crippen LogP contribution in [0.5, 0.6) is 0 Å². The lowest BCUT2D eigenvalue weighted by Gasteiger charge is -2.31. The van der Waals surface area contributed by atoms with Crippen molar-refractivity contribution in [2.75, 3.05) is 7.11 Å². The smallest absolute Gasteiger partial charge is 0.331 e. The number of hydrogen-bond donors (Lipinski definition) is 2. The maximum absolute atomic E-state index is 12.7. The summed E-state index contributed by atoms with van der Waals surface area (Å²) in [6.45, 7) is 3.76. The lowest BCUT2D eigenvalue weighted by molar-refractivity contribution is -0.148. The summed E-state index contributed by atoms with van der Waals surface area (Å²) in [5.74, 6) is -0.921. The highest BCUT2D eigenvalue weighted by Crippen LogP contribution is 2.28. The monoisotopic (exact) mass is 358 g/mol. The number of carbonyl (C=O) groups excluding carboxylic acids is 3. The van der Waals surface area contributed by atoms with Crippen LogP contribution in [0, 0.1) is 0 Å². The number of nitrogens with one attached hydrogen (secondary N) is 2. The molecule has 0 atom stereocenters. The van der Waals surface area contributed by atoms with Crippen molar-refractivity contribution < 1.29 is 19.1 Å². The lowest BCUT2D eigenvalue weighted by Crippen LogP contribution is -2.54. The molecule has 6 heteroatoms. The fraction of sp³-hybridized carbons (Fsp3) is 0.450. The van der Waals surface area contributed by atoms with Crippen molar-refractivity contribution in [1.82, 2.24) is 10.6 Å². The second kappa shape index (κ2) is 9.17. The Kier molecular flexibility index (Phi) is 6.95. The van der Waals surface area contributed by atoms with E-state index >= 15 is 0 Å². The van der Waals surface area contributed by atoms with Gasteiger partial charge in [-0.1, -0.05) is 44.4 Å². The summed E-state index contributed by atoms with van der Waals surface area (Å²) < 4.78 is 4.97. The zero-order valence-corrected chi connectivity index (χ0v) is 15.2. The first-order chi connectivity index (χ1) is 12.5. The number of methoxy groups -OCH3 is 1. The normalized spacial score (nSPS) is 16.0. The Bertz CT molecular complexity index is 659. The zero-order chi connectivity index (χ0) is 19.0. The number of esters is 1.